The average Bonchev–Trinajstić information content (AvgIpc) is 3.30. The zero-order chi connectivity index (χ0) is 14.8. The Morgan fingerprint density at radius 3 is 2.29 bits per heavy atom. The number of rotatable bonds is 5. The number of hydrogen-bond donors (Lipinski definition) is 2. The quantitative estimate of drug-likeness (QED) is 0.654. The SMILES string of the molecule is CN(C)c1ccc(C(NN)C2CC2c2ccccc2)cc1. The van der Waals surface area contributed by atoms with Crippen LogP contribution in [0.1, 0.15) is 29.5 Å². The molecule has 21 heavy (non-hydrogen) atoms. The van der Waals surface area contributed by atoms with Gasteiger partial charge in [0.05, 0.1) is 0 Å². The number of benzene rings is 2. The molecule has 0 bridgehead atoms. The minimum absolute atomic E-state index is 0.228. The molecule has 0 spiro atoms. The monoisotopic (exact) mass is 281 g/mol. The van der Waals surface area contributed by atoms with E-state index in [1.54, 1.807) is 0 Å². The van der Waals surface area contributed by atoms with Crippen LogP contribution >= 0.6 is 0 Å². The number of hydrogen-bond acceptors (Lipinski definition) is 3. The second-order valence-corrected chi connectivity index (χ2v) is 6.05. The molecule has 3 atom stereocenters. The van der Waals surface area contributed by atoms with Crippen molar-refractivity contribution in [1.29, 1.82) is 0 Å². The van der Waals surface area contributed by atoms with Crippen molar-refractivity contribution in [3.8, 4) is 0 Å². The van der Waals surface area contributed by atoms with Crippen molar-refractivity contribution in [1.82, 2.24) is 5.43 Å². The third-order valence-corrected chi connectivity index (χ3v) is 4.44. The Labute approximate surface area is 126 Å². The van der Waals surface area contributed by atoms with Gasteiger partial charge in [-0.2, -0.15) is 0 Å². The summed E-state index contributed by atoms with van der Waals surface area (Å²) in [5.74, 6) is 7.03. The second-order valence-electron chi connectivity index (χ2n) is 6.05. The lowest BCUT2D eigenvalue weighted by atomic mass is 9.99. The summed E-state index contributed by atoms with van der Waals surface area (Å²) in [6, 6.07) is 19.6. The molecule has 3 rings (SSSR count). The first-order chi connectivity index (χ1) is 10.2. The molecule has 0 radical (unpaired) electrons. The number of nitrogens with zero attached hydrogens (tertiary/aromatic N) is 1. The largest absolute Gasteiger partial charge is 0.378 e. The van der Waals surface area contributed by atoms with Gasteiger partial charge in [0.2, 0.25) is 0 Å². The number of hydrazine groups is 1. The molecular weight excluding hydrogens is 258 g/mol. The first kappa shape index (κ1) is 14.1. The zero-order valence-electron chi connectivity index (χ0n) is 12.7. The van der Waals surface area contributed by atoms with Crippen molar-refractivity contribution in [3.05, 3.63) is 65.7 Å². The predicted molar refractivity (Wildman–Crippen MR) is 88.1 cm³/mol. The lowest BCUT2D eigenvalue weighted by molar-refractivity contribution is 0.487. The van der Waals surface area contributed by atoms with Gasteiger partial charge in [-0.25, -0.2) is 0 Å². The second kappa shape index (κ2) is 5.88. The average molecular weight is 281 g/mol. The van der Waals surface area contributed by atoms with E-state index in [1.165, 1.54) is 23.2 Å². The minimum atomic E-state index is 0.228. The van der Waals surface area contributed by atoms with Crippen molar-refractivity contribution in [2.45, 2.75) is 18.4 Å². The Morgan fingerprint density at radius 2 is 1.71 bits per heavy atom. The minimum Gasteiger partial charge on any atom is -0.378 e. The van der Waals surface area contributed by atoms with E-state index in [0.717, 1.165) is 0 Å². The number of nitrogens with one attached hydrogen (secondary N) is 1. The number of nitrogens with two attached hydrogens (primary N) is 1. The molecule has 0 aliphatic heterocycles. The van der Waals surface area contributed by atoms with Crippen LogP contribution in [0.25, 0.3) is 0 Å². The van der Waals surface area contributed by atoms with E-state index in [9.17, 15) is 0 Å². The summed E-state index contributed by atoms with van der Waals surface area (Å²) < 4.78 is 0. The Kier molecular flexibility index (Phi) is 3.95. The van der Waals surface area contributed by atoms with Crippen molar-refractivity contribution < 1.29 is 0 Å². The molecule has 1 fully saturated rings. The Balaban J connectivity index is 1.74. The van der Waals surface area contributed by atoms with Gasteiger partial charge in [0.15, 0.2) is 0 Å². The van der Waals surface area contributed by atoms with E-state index < -0.39 is 0 Å². The lowest BCUT2D eigenvalue weighted by Crippen LogP contribution is -2.29. The van der Waals surface area contributed by atoms with Crippen molar-refractivity contribution in [2.24, 2.45) is 11.8 Å². The molecule has 1 aliphatic rings. The van der Waals surface area contributed by atoms with Crippen LogP contribution < -0.4 is 16.2 Å². The molecule has 0 heterocycles. The van der Waals surface area contributed by atoms with Crippen LogP contribution in [0, 0.1) is 5.92 Å². The molecule has 3 N–H and O–H groups in total. The Bertz CT molecular complexity index is 577. The molecule has 0 amide bonds. The Hall–Kier alpha value is -1.84. The first-order valence-corrected chi connectivity index (χ1v) is 7.49. The van der Waals surface area contributed by atoms with Gasteiger partial charge < -0.3 is 4.90 Å². The van der Waals surface area contributed by atoms with Crippen molar-refractivity contribution in [2.75, 3.05) is 19.0 Å². The third kappa shape index (κ3) is 2.94. The summed E-state index contributed by atoms with van der Waals surface area (Å²) in [5, 5.41) is 0. The van der Waals surface area contributed by atoms with E-state index in [0.29, 0.717) is 11.8 Å². The lowest BCUT2D eigenvalue weighted by Gasteiger charge is -2.18. The van der Waals surface area contributed by atoms with Crippen LogP contribution in [0.5, 0.6) is 0 Å². The summed E-state index contributed by atoms with van der Waals surface area (Å²) in [7, 11) is 4.11. The van der Waals surface area contributed by atoms with Gasteiger partial charge in [-0.3, -0.25) is 11.3 Å². The molecule has 110 valence electrons. The van der Waals surface area contributed by atoms with E-state index in [1.807, 2.05) is 0 Å². The maximum absolute atomic E-state index is 5.82. The molecule has 0 saturated heterocycles. The fraction of sp³-hybridized carbons (Fsp3) is 0.333. The summed E-state index contributed by atoms with van der Waals surface area (Å²) in [4.78, 5) is 2.11. The number of anilines is 1. The van der Waals surface area contributed by atoms with E-state index in [-0.39, 0.29) is 6.04 Å². The van der Waals surface area contributed by atoms with Crippen LogP contribution in [-0.4, -0.2) is 14.1 Å². The van der Waals surface area contributed by atoms with Crippen LogP contribution in [0.2, 0.25) is 0 Å². The van der Waals surface area contributed by atoms with Gasteiger partial charge in [0.1, 0.15) is 0 Å². The van der Waals surface area contributed by atoms with Crippen molar-refractivity contribution >= 4 is 5.69 Å². The highest BCUT2D eigenvalue weighted by molar-refractivity contribution is 5.47. The molecule has 2 aromatic carbocycles. The topological polar surface area (TPSA) is 41.3 Å². The zero-order valence-corrected chi connectivity index (χ0v) is 12.7. The summed E-state index contributed by atoms with van der Waals surface area (Å²) >= 11 is 0. The standard InChI is InChI=1S/C18H23N3/c1-21(2)15-10-8-14(9-11-15)18(20-19)17-12-16(17)13-6-4-3-5-7-13/h3-11,16-18,20H,12,19H2,1-2H3. The third-order valence-electron chi connectivity index (χ3n) is 4.44. The highest BCUT2D eigenvalue weighted by Gasteiger charge is 2.43. The molecule has 1 aliphatic carbocycles. The molecule has 0 aromatic heterocycles. The first-order valence-electron chi connectivity index (χ1n) is 7.49. The maximum Gasteiger partial charge on any atom is 0.0494 e. The van der Waals surface area contributed by atoms with Gasteiger partial charge in [-0.05, 0) is 41.5 Å². The normalized spacial score (nSPS) is 21.9. The molecule has 3 unspecified atom stereocenters. The molecule has 2 aromatic rings. The van der Waals surface area contributed by atoms with Crippen LogP contribution in [0.15, 0.2) is 54.6 Å². The maximum atomic E-state index is 5.82. The van der Waals surface area contributed by atoms with Crippen LogP contribution in [0.3, 0.4) is 0 Å². The van der Waals surface area contributed by atoms with Crippen LogP contribution in [-0.2, 0) is 0 Å². The summed E-state index contributed by atoms with van der Waals surface area (Å²) in [6.07, 6.45) is 1.20. The molecular formula is C18H23N3. The van der Waals surface area contributed by atoms with E-state index >= 15 is 0 Å². The summed E-state index contributed by atoms with van der Waals surface area (Å²) in [5.41, 5.74) is 6.92. The van der Waals surface area contributed by atoms with Gasteiger partial charge >= 0.3 is 0 Å². The van der Waals surface area contributed by atoms with Crippen molar-refractivity contribution in [3.63, 3.8) is 0 Å². The fourth-order valence-corrected chi connectivity index (χ4v) is 3.11. The Morgan fingerprint density at radius 1 is 1.05 bits per heavy atom. The van der Waals surface area contributed by atoms with Gasteiger partial charge in [0, 0.05) is 25.8 Å². The van der Waals surface area contributed by atoms with Gasteiger partial charge in [0.25, 0.3) is 0 Å². The molecule has 1 saturated carbocycles. The highest BCUT2D eigenvalue weighted by atomic mass is 15.2. The van der Waals surface area contributed by atoms with E-state index in [2.05, 4.69) is 79.0 Å². The fourth-order valence-electron chi connectivity index (χ4n) is 3.11. The van der Waals surface area contributed by atoms with Gasteiger partial charge in [-0.15, -0.1) is 0 Å². The van der Waals surface area contributed by atoms with Crippen LogP contribution in [0.4, 0.5) is 5.69 Å². The highest BCUT2D eigenvalue weighted by Crippen LogP contribution is 2.53. The predicted octanol–water partition coefficient (Wildman–Crippen LogP) is 3.06. The smallest absolute Gasteiger partial charge is 0.0494 e. The molecule has 3 nitrogen and oxygen atoms in total. The molecule has 3 heteroatoms. The summed E-state index contributed by atoms with van der Waals surface area (Å²) in [6.45, 7) is 0. The van der Waals surface area contributed by atoms with E-state index in [4.69, 9.17) is 5.84 Å². The van der Waals surface area contributed by atoms with Gasteiger partial charge in [-0.1, -0.05) is 42.5 Å².